The number of rotatable bonds is 2. The molecule has 0 spiro atoms. The maximum absolute atomic E-state index is 12.7. The molecule has 0 radical (unpaired) electrons. The van der Waals surface area contributed by atoms with E-state index in [1.54, 1.807) is 25.1 Å². The molecule has 0 saturated carbocycles. The molecule has 0 saturated heterocycles. The van der Waals surface area contributed by atoms with Crippen LogP contribution in [-0.4, -0.2) is 19.1 Å². The molecule has 2 nitrogen and oxygen atoms in total. The van der Waals surface area contributed by atoms with E-state index in [0.717, 1.165) is 6.07 Å². The third kappa shape index (κ3) is 2.63. The van der Waals surface area contributed by atoms with Gasteiger partial charge in [0, 0.05) is 25.3 Å². The van der Waals surface area contributed by atoms with Crippen molar-refractivity contribution in [3.63, 3.8) is 0 Å². The molecular weight excluding hydrogens is 237 g/mol. The molecule has 0 heterocycles. The summed E-state index contributed by atoms with van der Waals surface area (Å²) >= 11 is 4.59. The summed E-state index contributed by atoms with van der Waals surface area (Å²) in [6.45, 7) is 0. The fourth-order valence-corrected chi connectivity index (χ4v) is 1.44. The van der Waals surface area contributed by atoms with Crippen LogP contribution in [0.2, 0.25) is 0 Å². The summed E-state index contributed by atoms with van der Waals surface area (Å²) in [5.74, 6) is 0. The Morgan fingerprint density at radius 1 is 1.31 bits per heavy atom. The number of hydrogen-bond donors (Lipinski definition) is 1. The highest BCUT2D eigenvalue weighted by Crippen LogP contribution is 2.34. The van der Waals surface area contributed by atoms with Gasteiger partial charge in [-0.05, 0) is 18.2 Å². The van der Waals surface area contributed by atoms with Gasteiger partial charge in [-0.15, -0.1) is 0 Å². The predicted molar refractivity (Wildman–Crippen MR) is 61.7 cm³/mol. The first-order valence-corrected chi connectivity index (χ1v) is 4.82. The Morgan fingerprint density at radius 3 is 2.25 bits per heavy atom. The Hall–Kier alpha value is -1.30. The van der Waals surface area contributed by atoms with Crippen molar-refractivity contribution in [1.29, 1.82) is 0 Å². The third-order valence-electron chi connectivity index (χ3n) is 2.09. The number of halogens is 3. The van der Waals surface area contributed by atoms with E-state index in [-0.39, 0.29) is 10.6 Å². The molecule has 1 aromatic carbocycles. The minimum absolute atomic E-state index is 0.145. The fraction of sp³-hybridized carbons (Fsp3) is 0.300. The molecule has 0 aliphatic carbocycles. The monoisotopic (exact) mass is 248 g/mol. The highest BCUT2D eigenvalue weighted by molar-refractivity contribution is 7.80. The zero-order valence-electron chi connectivity index (χ0n) is 8.80. The Bertz CT molecular complexity index is 413. The summed E-state index contributed by atoms with van der Waals surface area (Å²) < 4.78 is 38.2. The van der Waals surface area contributed by atoms with E-state index < -0.39 is 11.7 Å². The molecule has 0 unspecified atom stereocenters. The van der Waals surface area contributed by atoms with E-state index in [9.17, 15) is 13.2 Å². The summed E-state index contributed by atoms with van der Waals surface area (Å²) in [7, 11) is 3.33. The molecule has 2 N–H and O–H groups in total. The zero-order valence-corrected chi connectivity index (χ0v) is 9.62. The van der Waals surface area contributed by atoms with E-state index in [1.807, 2.05) is 0 Å². The number of hydrogen-bond acceptors (Lipinski definition) is 2. The topological polar surface area (TPSA) is 29.3 Å². The predicted octanol–water partition coefficient (Wildman–Crippen LogP) is 2.41. The van der Waals surface area contributed by atoms with Crippen LogP contribution in [0.5, 0.6) is 0 Å². The van der Waals surface area contributed by atoms with Gasteiger partial charge in [0.25, 0.3) is 0 Å². The Balaban J connectivity index is 3.39. The van der Waals surface area contributed by atoms with Gasteiger partial charge in [0.05, 0.1) is 5.56 Å². The molecule has 1 aromatic rings. The van der Waals surface area contributed by atoms with E-state index >= 15 is 0 Å². The quantitative estimate of drug-likeness (QED) is 0.815. The molecule has 0 aliphatic heterocycles. The van der Waals surface area contributed by atoms with Gasteiger partial charge in [0.2, 0.25) is 0 Å². The molecule has 16 heavy (non-hydrogen) atoms. The largest absolute Gasteiger partial charge is 0.417 e. The van der Waals surface area contributed by atoms with Gasteiger partial charge in [-0.1, -0.05) is 12.2 Å². The van der Waals surface area contributed by atoms with Crippen LogP contribution in [0.3, 0.4) is 0 Å². The first-order chi connectivity index (χ1) is 7.23. The first-order valence-electron chi connectivity index (χ1n) is 4.42. The fourth-order valence-electron chi connectivity index (χ4n) is 1.26. The van der Waals surface area contributed by atoms with Crippen LogP contribution in [0.15, 0.2) is 18.2 Å². The number of nitrogens with two attached hydrogens (primary N) is 1. The number of benzene rings is 1. The minimum atomic E-state index is -4.45. The highest BCUT2D eigenvalue weighted by atomic mass is 32.1. The maximum Gasteiger partial charge on any atom is 0.417 e. The van der Waals surface area contributed by atoms with Gasteiger partial charge in [-0.3, -0.25) is 0 Å². The lowest BCUT2D eigenvalue weighted by Crippen LogP contribution is -2.19. The van der Waals surface area contributed by atoms with Crippen LogP contribution in [-0.2, 0) is 6.18 Å². The summed E-state index contributed by atoms with van der Waals surface area (Å²) in [4.78, 5) is 1.33. The van der Waals surface area contributed by atoms with Crippen LogP contribution in [0, 0.1) is 0 Å². The van der Waals surface area contributed by atoms with Crippen molar-refractivity contribution < 1.29 is 13.2 Å². The normalized spacial score (nSPS) is 11.3. The molecule has 88 valence electrons. The average Bonchev–Trinajstić information content (AvgIpc) is 2.15. The lowest BCUT2D eigenvalue weighted by molar-refractivity contribution is -0.137. The van der Waals surface area contributed by atoms with Crippen molar-refractivity contribution in [2.75, 3.05) is 19.0 Å². The molecule has 6 heteroatoms. The molecule has 0 aliphatic rings. The molecule has 0 bridgehead atoms. The second-order valence-corrected chi connectivity index (χ2v) is 3.93. The molecule has 0 fully saturated rings. The molecule has 0 atom stereocenters. The lowest BCUT2D eigenvalue weighted by Gasteiger charge is -2.17. The number of anilines is 1. The van der Waals surface area contributed by atoms with E-state index in [2.05, 4.69) is 12.2 Å². The second kappa shape index (κ2) is 4.29. The van der Waals surface area contributed by atoms with Crippen molar-refractivity contribution in [3.8, 4) is 0 Å². The summed E-state index contributed by atoms with van der Waals surface area (Å²) in [6, 6.07) is 3.87. The Morgan fingerprint density at radius 2 is 1.88 bits per heavy atom. The SMILES string of the molecule is CN(C)c1ccc(C(N)=S)c(C(F)(F)F)c1. The average molecular weight is 248 g/mol. The van der Waals surface area contributed by atoms with E-state index in [1.165, 1.54) is 6.07 Å². The minimum Gasteiger partial charge on any atom is -0.389 e. The van der Waals surface area contributed by atoms with Crippen molar-refractivity contribution in [3.05, 3.63) is 29.3 Å². The van der Waals surface area contributed by atoms with Crippen LogP contribution < -0.4 is 10.6 Å². The standard InChI is InChI=1S/C10H11F3N2S/c1-15(2)6-3-4-7(9(14)16)8(5-6)10(11,12)13/h3-5H,1-2H3,(H2,14,16). The van der Waals surface area contributed by atoms with Gasteiger partial charge in [-0.25, -0.2) is 0 Å². The number of alkyl halides is 3. The number of thiocarbonyl (C=S) groups is 1. The van der Waals surface area contributed by atoms with Gasteiger partial charge in [0.1, 0.15) is 4.99 Å². The van der Waals surface area contributed by atoms with E-state index in [0.29, 0.717) is 5.69 Å². The van der Waals surface area contributed by atoms with Gasteiger partial charge in [-0.2, -0.15) is 13.2 Å². The van der Waals surface area contributed by atoms with Crippen molar-refractivity contribution in [2.45, 2.75) is 6.18 Å². The van der Waals surface area contributed by atoms with Gasteiger partial charge in [0.15, 0.2) is 0 Å². The van der Waals surface area contributed by atoms with Crippen LogP contribution in [0.4, 0.5) is 18.9 Å². The number of nitrogens with zero attached hydrogens (tertiary/aromatic N) is 1. The van der Waals surface area contributed by atoms with Gasteiger partial charge < -0.3 is 10.6 Å². The van der Waals surface area contributed by atoms with Crippen molar-refractivity contribution in [2.24, 2.45) is 5.73 Å². The smallest absolute Gasteiger partial charge is 0.389 e. The molecule has 1 rings (SSSR count). The highest BCUT2D eigenvalue weighted by Gasteiger charge is 2.34. The van der Waals surface area contributed by atoms with Crippen molar-refractivity contribution in [1.82, 2.24) is 0 Å². The maximum atomic E-state index is 12.7. The van der Waals surface area contributed by atoms with Crippen LogP contribution in [0.1, 0.15) is 11.1 Å². The molecule has 0 amide bonds. The van der Waals surface area contributed by atoms with Crippen LogP contribution in [0.25, 0.3) is 0 Å². The van der Waals surface area contributed by atoms with E-state index in [4.69, 9.17) is 5.73 Å². The third-order valence-corrected chi connectivity index (χ3v) is 2.31. The van der Waals surface area contributed by atoms with Crippen molar-refractivity contribution >= 4 is 22.9 Å². The van der Waals surface area contributed by atoms with Crippen LogP contribution >= 0.6 is 12.2 Å². The Labute approximate surface area is 96.8 Å². The second-order valence-electron chi connectivity index (χ2n) is 3.49. The zero-order chi connectivity index (χ0) is 12.5. The van der Waals surface area contributed by atoms with Gasteiger partial charge >= 0.3 is 6.18 Å². The summed E-state index contributed by atoms with van der Waals surface area (Å²) in [5, 5.41) is 0. The lowest BCUT2D eigenvalue weighted by atomic mass is 10.1. The summed E-state index contributed by atoms with van der Waals surface area (Å²) in [6.07, 6.45) is -4.45. The molecule has 0 aromatic heterocycles. The Kier molecular flexibility index (Phi) is 3.42. The molecular formula is C10H11F3N2S. The summed E-state index contributed by atoms with van der Waals surface area (Å²) in [5.41, 5.74) is 4.76. The first kappa shape index (κ1) is 12.8.